The zero-order valence-electron chi connectivity index (χ0n) is 6.84. The van der Waals surface area contributed by atoms with Crippen LogP contribution in [0, 0.1) is 0 Å². The summed E-state index contributed by atoms with van der Waals surface area (Å²) in [7, 11) is 0. The first kappa shape index (κ1) is 11.5. The van der Waals surface area contributed by atoms with E-state index >= 15 is 0 Å². The molecule has 0 atom stereocenters. The van der Waals surface area contributed by atoms with Crippen LogP contribution < -0.4 is 22.9 Å². The van der Waals surface area contributed by atoms with Crippen molar-refractivity contribution in [2.24, 2.45) is 33.2 Å². The smallest absolute Gasteiger partial charge is 0.378 e. The van der Waals surface area contributed by atoms with Gasteiger partial charge in [0.15, 0.2) is 0 Å². The van der Waals surface area contributed by atoms with Crippen LogP contribution in [-0.2, 0) is 9.68 Å². The second kappa shape index (κ2) is 5.18. The van der Waals surface area contributed by atoms with Gasteiger partial charge in [-0.15, -0.1) is 0 Å². The molecule has 0 saturated carbocycles. The molecule has 0 aromatic heterocycles. The predicted molar refractivity (Wildman–Crippen MR) is 44.6 cm³/mol. The Hall–Kier alpha value is -2.52. The van der Waals surface area contributed by atoms with Gasteiger partial charge in [-0.3, -0.25) is 9.68 Å². The van der Waals surface area contributed by atoms with Crippen LogP contribution >= 0.6 is 0 Å². The lowest BCUT2D eigenvalue weighted by Crippen LogP contribution is -2.32. The third-order valence-electron chi connectivity index (χ3n) is 0.730. The quantitative estimate of drug-likeness (QED) is 0.170. The molecule has 0 fully saturated rings. The standard InChI is InChI=1S/C4H8N6O4/c5-1(9-13-3(7)11)2(6)10-14-4(8)12/h(H2,5,9)(H2,6,10)(H2,7,11)(H2,8,12). The van der Waals surface area contributed by atoms with Crippen LogP contribution in [0.1, 0.15) is 0 Å². The van der Waals surface area contributed by atoms with Gasteiger partial charge in [-0.05, 0) is 0 Å². The highest BCUT2D eigenvalue weighted by molar-refractivity contribution is 6.39. The molecule has 0 aliphatic carbocycles. The molecular weight excluding hydrogens is 196 g/mol. The van der Waals surface area contributed by atoms with Crippen molar-refractivity contribution in [3.8, 4) is 0 Å². The summed E-state index contributed by atoms with van der Waals surface area (Å²) in [6.45, 7) is 0. The van der Waals surface area contributed by atoms with E-state index in [1.165, 1.54) is 0 Å². The lowest BCUT2D eigenvalue weighted by Gasteiger charge is -1.96. The first-order valence-corrected chi connectivity index (χ1v) is 3.03. The summed E-state index contributed by atoms with van der Waals surface area (Å²) in [5.74, 6) is -0.991. The van der Waals surface area contributed by atoms with Crippen LogP contribution in [0.3, 0.4) is 0 Å². The number of primary amides is 2. The Morgan fingerprint density at radius 2 is 1.07 bits per heavy atom. The Bertz CT molecular complexity index is 266. The molecule has 0 aliphatic rings. The molecule has 78 valence electrons. The average molecular weight is 204 g/mol. The molecule has 14 heavy (non-hydrogen) atoms. The third-order valence-corrected chi connectivity index (χ3v) is 0.730. The molecular formula is C4H8N6O4. The first-order valence-electron chi connectivity index (χ1n) is 3.03. The molecule has 0 radical (unpaired) electrons. The third kappa shape index (κ3) is 5.17. The Kier molecular flexibility index (Phi) is 4.25. The molecule has 0 heterocycles. The van der Waals surface area contributed by atoms with Gasteiger partial charge in [0.05, 0.1) is 0 Å². The zero-order valence-corrected chi connectivity index (χ0v) is 6.84. The van der Waals surface area contributed by atoms with Gasteiger partial charge in [-0.2, -0.15) is 0 Å². The van der Waals surface area contributed by atoms with Gasteiger partial charge < -0.3 is 22.9 Å². The van der Waals surface area contributed by atoms with Gasteiger partial charge in [0.25, 0.3) is 0 Å². The van der Waals surface area contributed by atoms with E-state index in [0.29, 0.717) is 0 Å². The maximum Gasteiger partial charge on any atom is 0.430 e. The molecule has 0 saturated heterocycles. The number of oxime groups is 2. The minimum absolute atomic E-state index is 0.495. The Labute approximate surface area is 77.4 Å². The number of rotatable bonds is 2. The van der Waals surface area contributed by atoms with E-state index in [9.17, 15) is 9.59 Å². The van der Waals surface area contributed by atoms with Gasteiger partial charge in [0.1, 0.15) is 0 Å². The molecule has 0 bridgehead atoms. The predicted octanol–water partition coefficient (Wildman–Crippen LogP) is -2.28. The second-order valence-corrected chi connectivity index (χ2v) is 1.77. The maximum absolute atomic E-state index is 10.0. The molecule has 0 aromatic rings. The Morgan fingerprint density at radius 3 is 1.29 bits per heavy atom. The van der Waals surface area contributed by atoms with Crippen LogP contribution in [0.25, 0.3) is 0 Å². The van der Waals surface area contributed by atoms with Gasteiger partial charge in [-0.25, -0.2) is 9.59 Å². The molecule has 0 spiro atoms. The number of carbonyl (C=O) groups is 2. The molecule has 0 aliphatic heterocycles. The van der Waals surface area contributed by atoms with Gasteiger partial charge >= 0.3 is 12.2 Å². The Morgan fingerprint density at radius 1 is 0.786 bits per heavy atom. The molecule has 0 unspecified atom stereocenters. The zero-order chi connectivity index (χ0) is 11.1. The number of nitrogens with zero attached hydrogens (tertiary/aromatic N) is 2. The summed E-state index contributed by atoms with van der Waals surface area (Å²) >= 11 is 0. The highest BCUT2D eigenvalue weighted by Gasteiger charge is 2.03. The second-order valence-electron chi connectivity index (χ2n) is 1.77. The van der Waals surface area contributed by atoms with Crippen molar-refractivity contribution in [2.45, 2.75) is 0 Å². The van der Waals surface area contributed by atoms with Crippen LogP contribution in [0.4, 0.5) is 9.59 Å². The van der Waals surface area contributed by atoms with Crippen molar-refractivity contribution < 1.29 is 19.3 Å². The summed E-state index contributed by atoms with van der Waals surface area (Å²) in [5.41, 5.74) is 19.3. The van der Waals surface area contributed by atoms with E-state index in [2.05, 4.69) is 31.5 Å². The fourth-order valence-corrected chi connectivity index (χ4v) is 0.282. The minimum Gasteiger partial charge on any atom is -0.378 e. The molecule has 2 amide bonds. The van der Waals surface area contributed by atoms with Crippen LogP contribution in [0.15, 0.2) is 10.3 Å². The first-order chi connectivity index (χ1) is 6.43. The SMILES string of the molecule is NC(=O)O/N=C(N)/C(N)=N/OC(N)=O. The van der Waals surface area contributed by atoms with E-state index in [1.54, 1.807) is 0 Å². The largest absolute Gasteiger partial charge is 0.430 e. The van der Waals surface area contributed by atoms with E-state index in [-0.39, 0.29) is 0 Å². The lowest BCUT2D eigenvalue weighted by atomic mass is 10.6. The molecule has 0 rings (SSSR count). The number of amides is 2. The fraction of sp³-hybridized carbons (Fsp3) is 0. The minimum atomic E-state index is -1.18. The van der Waals surface area contributed by atoms with E-state index in [0.717, 1.165) is 0 Å². The number of hydrogen-bond donors (Lipinski definition) is 4. The summed E-state index contributed by atoms with van der Waals surface area (Å²) in [6.07, 6.45) is -2.37. The van der Waals surface area contributed by atoms with Gasteiger partial charge in [-0.1, -0.05) is 10.3 Å². The normalized spacial score (nSPS) is 12.0. The average Bonchev–Trinajstić information content (AvgIpc) is 2.09. The van der Waals surface area contributed by atoms with E-state index in [4.69, 9.17) is 11.5 Å². The topological polar surface area (TPSA) is 181 Å². The number of carbonyl (C=O) groups excluding carboxylic acids is 2. The highest BCUT2D eigenvalue weighted by Crippen LogP contribution is 1.80. The number of hydrogen-bond acceptors (Lipinski definition) is 6. The van der Waals surface area contributed by atoms with Crippen molar-refractivity contribution in [3.63, 3.8) is 0 Å². The van der Waals surface area contributed by atoms with Gasteiger partial charge in [0, 0.05) is 0 Å². The monoisotopic (exact) mass is 204 g/mol. The van der Waals surface area contributed by atoms with E-state index in [1.807, 2.05) is 0 Å². The van der Waals surface area contributed by atoms with Gasteiger partial charge in [0.2, 0.25) is 11.7 Å². The number of amidine groups is 2. The van der Waals surface area contributed by atoms with Crippen molar-refractivity contribution in [2.75, 3.05) is 0 Å². The van der Waals surface area contributed by atoms with Crippen LogP contribution in [-0.4, -0.2) is 23.9 Å². The van der Waals surface area contributed by atoms with Crippen molar-refractivity contribution in [1.29, 1.82) is 0 Å². The summed E-state index contributed by atoms with van der Waals surface area (Å²) in [6, 6.07) is 0. The summed E-state index contributed by atoms with van der Waals surface area (Å²) < 4.78 is 0. The van der Waals surface area contributed by atoms with Crippen LogP contribution in [0.5, 0.6) is 0 Å². The fourth-order valence-electron chi connectivity index (χ4n) is 0.282. The summed E-state index contributed by atoms with van der Waals surface area (Å²) in [5, 5.41) is 5.87. The molecule has 10 nitrogen and oxygen atoms in total. The lowest BCUT2D eigenvalue weighted by molar-refractivity contribution is 0.159. The summed E-state index contributed by atoms with van der Waals surface area (Å²) in [4.78, 5) is 27.9. The molecule has 8 N–H and O–H groups in total. The maximum atomic E-state index is 10.0. The molecule has 0 aromatic carbocycles. The van der Waals surface area contributed by atoms with Crippen LogP contribution in [0.2, 0.25) is 0 Å². The van der Waals surface area contributed by atoms with Crippen molar-refractivity contribution >= 4 is 23.9 Å². The highest BCUT2D eigenvalue weighted by atomic mass is 16.7. The van der Waals surface area contributed by atoms with E-state index < -0.39 is 23.9 Å². The molecule has 10 heteroatoms. The van der Waals surface area contributed by atoms with Crippen molar-refractivity contribution in [3.05, 3.63) is 0 Å². The Balaban J connectivity index is 4.29. The van der Waals surface area contributed by atoms with Crippen molar-refractivity contribution in [1.82, 2.24) is 0 Å². The number of nitrogens with two attached hydrogens (primary N) is 4.